The number of anilines is 1. The number of alkyl carbamates (subject to hydrolysis) is 1. The molecule has 204 valence electrons. The summed E-state index contributed by atoms with van der Waals surface area (Å²) >= 11 is 0. The zero-order valence-corrected chi connectivity index (χ0v) is 23.4. The molecule has 3 rings (SSSR count). The summed E-state index contributed by atoms with van der Waals surface area (Å²) < 4.78 is 5.38. The fourth-order valence-electron chi connectivity index (χ4n) is 4.31. The SMILES string of the molecule is C#CN(C(=O)C(CC(C)C)NC(=O)OC(C)(C)C)C(C(=O)Nc1ccc2ccccc2c1)c1cccc(C)c1. The predicted octanol–water partition coefficient (Wildman–Crippen LogP) is 6.19. The molecule has 0 aliphatic rings. The van der Waals surface area contributed by atoms with E-state index in [2.05, 4.69) is 16.7 Å². The molecule has 7 nitrogen and oxygen atoms in total. The van der Waals surface area contributed by atoms with Crippen LogP contribution in [0.5, 0.6) is 0 Å². The van der Waals surface area contributed by atoms with Crippen LogP contribution < -0.4 is 10.6 Å². The number of rotatable bonds is 8. The number of carbonyl (C=O) groups excluding carboxylic acids is 3. The smallest absolute Gasteiger partial charge is 0.408 e. The maximum atomic E-state index is 13.9. The standard InChI is InChI=1S/C32H37N3O4/c1-8-35(30(37)27(18-21(2)3)34-31(38)39-32(5,6)7)28(25-15-11-12-22(4)19-25)29(36)33-26-17-16-23-13-9-10-14-24(23)20-26/h1,9-17,19-21,27-28H,18H2,2-7H3,(H,33,36)(H,34,38). The van der Waals surface area contributed by atoms with Crippen LogP contribution in [-0.2, 0) is 14.3 Å². The van der Waals surface area contributed by atoms with E-state index in [-0.39, 0.29) is 5.92 Å². The molecule has 2 N–H and O–H groups in total. The van der Waals surface area contributed by atoms with Gasteiger partial charge in [-0.25, -0.2) is 4.79 Å². The molecule has 0 bridgehead atoms. The molecule has 39 heavy (non-hydrogen) atoms. The fraction of sp³-hybridized carbons (Fsp3) is 0.344. The molecule has 3 aromatic carbocycles. The van der Waals surface area contributed by atoms with Crippen molar-refractivity contribution in [2.45, 2.75) is 65.6 Å². The number of nitrogens with zero attached hydrogens (tertiary/aromatic N) is 1. The number of nitrogens with one attached hydrogen (secondary N) is 2. The van der Waals surface area contributed by atoms with Crippen molar-refractivity contribution in [1.29, 1.82) is 0 Å². The van der Waals surface area contributed by atoms with Gasteiger partial charge in [-0.3, -0.25) is 14.5 Å². The summed E-state index contributed by atoms with van der Waals surface area (Å²) in [7, 11) is 0. The van der Waals surface area contributed by atoms with Gasteiger partial charge in [0.2, 0.25) is 0 Å². The number of aryl methyl sites for hydroxylation is 1. The highest BCUT2D eigenvalue weighted by Gasteiger charge is 2.36. The van der Waals surface area contributed by atoms with E-state index >= 15 is 0 Å². The van der Waals surface area contributed by atoms with Crippen molar-refractivity contribution in [1.82, 2.24) is 10.2 Å². The second-order valence-corrected chi connectivity index (χ2v) is 11.0. The third-order valence-electron chi connectivity index (χ3n) is 5.95. The van der Waals surface area contributed by atoms with Gasteiger partial charge in [0.1, 0.15) is 17.7 Å². The molecule has 2 atom stereocenters. The van der Waals surface area contributed by atoms with Gasteiger partial charge in [0.05, 0.1) is 0 Å². The van der Waals surface area contributed by atoms with Crippen LogP contribution in [0.4, 0.5) is 10.5 Å². The maximum absolute atomic E-state index is 13.9. The van der Waals surface area contributed by atoms with Crippen LogP contribution in [0.25, 0.3) is 10.8 Å². The van der Waals surface area contributed by atoms with Crippen molar-refractivity contribution >= 4 is 34.4 Å². The lowest BCUT2D eigenvalue weighted by Crippen LogP contribution is -2.51. The molecule has 0 fully saturated rings. The van der Waals surface area contributed by atoms with Crippen LogP contribution in [0.15, 0.2) is 66.7 Å². The summed E-state index contributed by atoms with van der Waals surface area (Å²) in [6.45, 7) is 11.0. The predicted molar refractivity (Wildman–Crippen MR) is 155 cm³/mol. The fourth-order valence-corrected chi connectivity index (χ4v) is 4.31. The van der Waals surface area contributed by atoms with Gasteiger partial charge < -0.3 is 15.4 Å². The van der Waals surface area contributed by atoms with E-state index in [1.807, 2.05) is 75.4 Å². The minimum absolute atomic E-state index is 0.0531. The molecular formula is C32H37N3O4. The number of amides is 3. The Morgan fingerprint density at radius 3 is 2.28 bits per heavy atom. The molecule has 0 heterocycles. The Balaban J connectivity index is 1.97. The van der Waals surface area contributed by atoms with E-state index in [1.165, 1.54) is 0 Å². The summed E-state index contributed by atoms with van der Waals surface area (Å²) in [5, 5.41) is 7.60. The van der Waals surface area contributed by atoms with Gasteiger partial charge in [0.15, 0.2) is 0 Å². The third kappa shape index (κ3) is 8.08. The van der Waals surface area contributed by atoms with Gasteiger partial charge in [-0.15, -0.1) is 0 Å². The van der Waals surface area contributed by atoms with E-state index in [4.69, 9.17) is 11.2 Å². The number of fused-ring (bicyclic) bond motifs is 1. The van der Waals surface area contributed by atoms with Gasteiger partial charge in [-0.05, 0) is 68.5 Å². The first kappa shape index (κ1) is 29.2. The van der Waals surface area contributed by atoms with Crippen molar-refractivity contribution in [3.05, 3.63) is 77.9 Å². The summed E-state index contributed by atoms with van der Waals surface area (Å²) in [4.78, 5) is 41.3. The van der Waals surface area contributed by atoms with E-state index in [0.29, 0.717) is 17.7 Å². The van der Waals surface area contributed by atoms with Crippen molar-refractivity contribution < 1.29 is 19.1 Å². The monoisotopic (exact) mass is 527 g/mol. The highest BCUT2D eigenvalue weighted by molar-refractivity contribution is 6.01. The summed E-state index contributed by atoms with van der Waals surface area (Å²) in [5.74, 6) is -0.989. The van der Waals surface area contributed by atoms with Gasteiger partial charge in [-0.2, -0.15) is 0 Å². The van der Waals surface area contributed by atoms with E-state index in [0.717, 1.165) is 21.2 Å². The topological polar surface area (TPSA) is 87.7 Å². The van der Waals surface area contributed by atoms with E-state index in [1.54, 1.807) is 32.9 Å². The maximum Gasteiger partial charge on any atom is 0.408 e. The van der Waals surface area contributed by atoms with Gasteiger partial charge in [-0.1, -0.05) is 80.4 Å². The lowest BCUT2D eigenvalue weighted by molar-refractivity contribution is -0.137. The molecule has 3 amide bonds. The zero-order chi connectivity index (χ0) is 28.7. The summed E-state index contributed by atoms with van der Waals surface area (Å²) in [6.07, 6.45) is 5.47. The first-order valence-corrected chi connectivity index (χ1v) is 13.0. The summed E-state index contributed by atoms with van der Waals surface area (Å²) in [6, 6.07) is 21.0. The molecule has 0 saturated heterocycles. The second kappa shape index (κ2) is 12.5. The first-order valence-electron chi connectivity index (χ1n) is 13.0. The van der Waals surface area contributed by atoms with Crippen LogP contribution in [0.1, 0.15) is 58.2 Å². The third-order valence-corrected chi connectivity index (χ3v) is 5.95. The number of hydrogen-bond donors (Lipinski definition) is 2. The first-order chi connectivity index (χ1) is 18.4. The average molecular weight is 528 g/mol. The molecular weight excluding hydrogens is 490 g/mol. The Bertz CT molecular complexity index is 1380. The molecule has 0 aliphatic heterocycles. The van der Waals surface area contributed by atoms with Gasteiger partial charge in [0, 0.05) is 11.7 Å². The molecule has 0 aliphatic carbocycles. The molecule has 7 heteroatoms. The Labute approximate surface area is 230 Å². The molecule has 0 aromatic heterocycles. The Morgan fingerprint density at radius 2 is 1.67 bits per heavy atom. The molecule has 0 saturated carbocycles. The van der Waals surface area contributed by atoms with Crippen molar-refractivity contribution in [3.8, 4) is 12.5 Å². The van der Waals surface area contributed by atoms with Crippen molar-refractivity contribution in [2.75, 3.05) is 5.32 Å². The normalized spacial score (nSPS) is 12.8. The Kier molecular flexibility index (Phi) is 9.37. The summed E-state index contributed by atoms with van der Waals surface area (Å²) in [5.41, 5.74) is 1.29. The Morgan fingerprint density at radius 1 is 0.974 bits per heavy atom. The Hall–Kier alpha value is -4.31. The molecule has 2 unspecified atom stereocenters. The lowest BCUT2D eigenvalue weighted by Gasteiger charge is -2.31. The van der Waals surface area contributed by atoms with Crippen molar-refractivity contribution in [2.24, 2.45) is 5.92 Å². The van der Waals surface area contributed by atoms with E-state index < -0.39 is 35.6 Å². The van der Waals surface area contributed by atoms with Crippen LogP contribution >= 0.6 is 0 Å². The molecule has 0 radical (unpaired) electrons. The number of terminal acetylenes is 1. The number of ether oxygens (including phenoxy) is 1. The van der Waals surface area contributed by atoms with E-state index in [9.17, 15) is 14.4 Å². The van der Waals surface area contributed by atoms with Gasteiger partial charge >= 0.3 is 6.09 Å². The second-order valence-electron chi connectivity index (χ2n) is 11.0. The molecule has 3 aromatic rings. The zero-order valence-electron chi connectivity index (χ0n) is 23.4. The quantitative estimate of drug-likeness (QED) is 0.270. The number of carbonyl (C=O) groups is 3. The lowest BCUT2D eigenvalue weighted by atomic mass is 9.98. The highest BCUT2D eigenvalue weighted by Crippen LogP contribution is 2.27. The highest BCUT2D eigenvalue weighted by atomic mass is 16.6. The minimum atomic E-state index is -1.14. The minimum Gasteiger partial charge on any atom is -0.444 e. The van der Waals surface area contributed by atoms with Crippen LogP contribution in [0.2, 0.25) is 0 Å². The number of hydrogen-bond acceptors (Lipinski definition) is 4. The van der Waals surface area contributed by atoms with Gasteiger partial charge in [0.25, 0.3) is 11.8 Å². The van der Waals surface area contributed by atoms with Crippen molar-refractivity contribution in [3.63, 3.8) is 0 Å². The largest absolute Gasteiger partial charge is 0.444 e. The van der Waals surface area contributed by atoms with Crippen LogP contribution in [0.3, 0.4) is 0 Å². The average Bonchev–Trinajstić information content (AvgIpc) is 2.84. The van der Waals surface area contributed by atoms with Crippen LogP contribution in [-0.4, -0.2) is 34.5 Å². The number of benzene rings is 3. The molecule has 0 spiro atoms. The van der Waals surface area contributed by atoms with Crippen LogP contribution in [0, 0.1) is 25.3 Å².